The fraction of sp³-hybridized carbons (Fsp3) is 0.714. The van der Waals surface area contributed by atoms with Crippen molar-refractivity contribution < 1.29 is 9.47 Å². The highest BCUT2D eigenvalue weighted by Gasteiger charge is 2.15. The summed E-state index contributed by atoms with van der Waals surface area (Å²) in [5, 5.41) is 3.32. The minimum absolute atomic E-state index is 0.308. The van der Waals surface area contributed by atoms with Crippen molar-refractivity contribution in [2.45, 2.75) is 40.0 Å². The lowest BCUT2D eigenvalue weighted by molar-refractivity contribution is 0.108. The summed E-state index contributed by atoms with van der Waals surface area (Å²) in [5.41, 5.74) is 1.03. The van der Waals surface area contributed by atoms with Gasteiger partial charge in [0.1, 0.15) is 18.8 Å². The average Bonchev–Trinajstić information content (AvgIpc) is 2.41. The molecule has 0 aromatic carbocycles. The third-order valence-electron chi connectivity index (χ3n) is 2.64. The maximum absolute atomic E-state index is 5.71. The van der Waals surface area contributed by atoms with E-state index in [0.717, 1.165) is 24.3 Å². The fourth-order valence-corrected chi connectivity index (χ4v) is 1.74. The molecule has 1 aromatic rings. The Hall–Kier alpha value is -1.36. The van der Waals surface area contributed by atoms with E-state index in [4.69, 9.17) is 9.47 Å². The van der Waals surface area contributed by atoms with Crippen LogP contribution >= 0.6 is 0 Å². The molecule has 0 bridgehead atoms. The van der Waals surface area contributed by atoms with Crippen molar-refractivity contribution in [2.75, 3.05) is 31.7 Å². The van der Waals surface area contributed by atoms with E-state index in [1.165, 1.54) is 0 Å². The molecule has 1 aromatic heterocycles. The second-order valence-corrected chi connectivity index (χ2v) is 4.57. The van der Waals surface area contributed by atoms with Crippen LogP contribution in [0, 0.1) is 0 Å². The predicted octanol–water partition coefficient (Wildman–Crippen LogP) is 2.84. The summed E-state index contributed by atoms with van der Waals surface area (Å²) in [6.07, 6.45) is 2.60. The van der Waals surface area contributed by atoms with Gasteiger partial charge in [0.15, 0.2) is 0 Å². The normalized spacial score (nSPS) is 10.8. The highest BCUT2D eigenvalue weighted by molar-refractivity contribution is 5.50. The second-order valence-electron chi connectivity index (χ2n) is 4.57. The van der Waals surface area contributed by atoms with Crippen LogP contribution in [0.2, 0.25) is 0 Å². The van der Waals surface area contributed by atoms with E-state index >= 15 is 0 Å². The maximum Gasteiger partial charge on any atom is 0.222 e. The van der Waals surface area contributed by atoms with E-state index in [2.05, 4.69) is 36.1 Å². The molecule has 5 heteroatoms. The molecule has 0 aliphatic heterocycles. The third-order valence-corrected chi connectivity index (χ3v) is 2.64. The maximum atomic E-state index is 5.71. The molecule has 1 N–H and O–H groups in total. The van der Waals surface area contributed by atoms with E-state index in [9.17, 15) is 0 Å². The number of hydrogen-bond donors (Lipinski definition) is 1. The number of hydrogen-bond acceptors (Lipinski definition) is 5. The van der Waals surface area contributed by atoms with Crippen molar-refractivity contribution in [3.63, 3.8) is 0 Å². The van der Waals surface area contributed by atoms with Crippen molar-refractivity contribution in [1.82, 2.24) is 9.97 Å². The first-order valence-electron chi connectivity index (χ1n) is 6.99. The van der Waals surface area contributed by atoms with Crippen LogP contribution < -0.4 is 10.1 Å². The first-order chi connectivity index (χ1) is 9.20. The molecule has 1 heterocycles. The quantitative estimate of drug-likeness (QED) is 0.697. The summed E-state index contributed by atoms with van der Waals surface area (Å²) in [6, 6.07) is 0. The van der Waals surface area contributed by atoms with Crippen LogP contribution in [-0.4, -0.2) is 36.3 Å². The van der Waals surface area contributed by atoms with Crippen molar-refractivity contribution in [3.8, 4) is 5.88 Å². The summed E-state index contributed by atoms with van der Waals surface area (Å²) in [7, 11) is 0. The van der Waals surface area contributed by atoms with Gasteiger partial charge < -0.3 is 14.8 Å². The van der Waals surface area contributed by atoms with E-state index in [0.29, 0.717) is 31.6 Å². The lowest BCUT2D eigenvalue weighted by atomic mass is 10.1. The van der Waals surface area contributed by atoms with Crippen LogP contribution in [0.5, 0.6) is 5.88 Å². The molecular formula is C14H25N3O2. The topological polar surface area (TPSA) is 56.3 Å². The lowest BCUT2D eigenvalue weighted by Crippen LogP contribution is -2.12. The second kappa shape index (κ2) is 8.69. The van der Waals surface area contributed by atoms with Crippen molar-refractivity contribution in [1.29, 1.82) is 0 Å². The number of nitrogens with zero attached hydrogens (tertiary/aromatic N) is 2. The third kappa shape index (κ3) is 5.03. The summed E-state index contributed by atoms with van der Waals surface area (Å²) in [6.45, 7) is 11.0. The zero-order valence-corrected chi connectivity index (χ0v) is 12.4. The van der Waals surface area contributed by atoms with E-state index in [1.807, 2.05) is 6.92 Å². The van der Waals surface area contributed by atoms with Gasteiger partial charge in [-0.15, -0.1) is 0 Å². The van der Waals surface area contributed by atoms with Crippen LogP contribution in [0.3, 0.4) is 0 Å². The molecule has 0 saturated heterocycles. The Morgan fingerprint density at radius 2 is 2.00 bits per heavy atom. The van der Waals surface area contributed by atoms with Crippen molar-refractivity contribution in [2.24, 2.45) is 0 Å². The van der Waals surface area contributed by atoms with Gasteiger partial charge in [0, 0.05) is 13.2 Å². The first-order valence-corrected chi connectivity index (χ1v) is 6.99. The average molecular weight is 267 g/mol. The van der Waals surface area contributed by atoms with Crippen LogP contribution in [0.4, 0.5) is 5.82 Å². The molecule has 0 amide bonds. The first kappa shape index (κ1) is 15.7. The SMILES string of the molecule is CCCNc1ncnc(OCCOCC)c1C(C)C. The van der Waals surface area contributed by atoms with E-state index in [-0.39, 0.29) is 0 Å². The minimum atomic E-state index is 0.308. The predicted molar refractivity (Wildman–Crippen MR) is 76.9 cm³/mol. The number of aromatic nitrogens is 2. The number of ether oxygens (including phenoxy) is 2. The molecule has 19 heavy (non-hydrogen) atoms. The molecule has 0 fully saturated rings. The van der Waals surface area contributed by atoms with Crippen LogP contribution in [-0.2, 0) is 4.74 Å². The van der Waals surface area contributed by atoms with Crippen molar-refractivity contribution >= 4 is 5.82 Å². The molecule has 5 nitrogen and oxygen atoms in total. The van der Waals surface area contributed by atoms with E-state index < -0.39 is 0 Å². The van der Waals surface area contributed by atoms with Gasteiger partial charge in [0.05, 0.1) is 12.2 Å². The number of rotatable bonds is 9. The standard InChI is InChI=1S/C14H25N3O2/c1-5-7-15-13-12(11(3)4)14(17-10-16-13)19-9-8-18-6-2/h10-11H,5-9H2,1-4H3,(H,15,16,17). The zero-order chi connectivity index (χ0) is 14.1. The Balaban J connectivity index is 2.77. The Morgan fingerprint density at radius 1 is 1.21 bits per heavy atom. The molecule has 0 unspecified atom stereocenters. The summed E-state index contributed by atoms with van der Waals surface area (Å²) < 4.78 is 11.0. The number of anilines is 1. The van der Waals surface area contributed by atoms with Crippen LogP contribution in [0.25, 0.3) is 0 Å². The Labute approximate surface area is 115 Å². The smallest absolute Gasteiger partial charge is 0.222 e. The monoisotopic (exact) mass is 267 g/mol. The summed E-state index contributed by atoms with van der Waals surface area (Å²) in [5.74, 6) is 1.84. The lowest BCUT2D eigenvalue weighted by Gasteiger charge is -2.16. The molecule has 0 radical (unpaired) electrons. The minimum Gasteiger partial charge on any atom is -0.475 e. The fourth-order valence-electron chi connectivity index (χ4n) is 1.74. The van der Waals surface area contributed by atoms with Gasteiger partial charge in [-0.2, -0.15) is 0 Å². The van der Waals surface area contributed by atoms with Crippen LogP contribution in [0.15, 0.2) is 6.33 Å². The van der Waals surface area contributed by atoms with Gasteiger partial charge in [0.25, 0.3) is 0 Å². The molecule has 108 valence electrons. The zero-order valence-electron chi connectivity index (χ0n) is 12.4. The Kier molecular flexibility index (Phi) is 7.18. The van der Waals surface area contributed by atoms with Gasteiger partial charge in [-0.3, -0.25) is 0 Å². The van der Waals surface area contributed by atoms with Gasteiger partial charge in [-0.05, 0) is 19.3 Å². The number of nitrogens with one attached hydrogen (secondary N) is 1. The highest BCUT2D eigenvalue weighted by Crippen LogP contribution is 2.29. The molecule has 0 spiro atoms. The Bertz CT molecular complexity index is 370. The Morgan fingerprint density at radius 3 is 2.63 bits per heavy atom. The van der Waals surface area contributed by atoms with Crippen molar-refractivity contribution in [3.05, 3.63) is 11.9 Å². The van der Waals surface area contributed by atoms with Gasteiger partial charge in [0.2, 0.25) is 5.88 Å². The van der Waals surface area contributed by atoms with Crippen LogP contribution in [0.1, 0.15) is 45.6 Å². The van der Waals surface area contributed by atoms with Gasteiger partial charge in [-0.1, -0.05) is 20.8 Å². The largest absolute Gasteiger partial charge is 0.475 e. The molecular weight excluding hydrogens is 242 g/mol. The van der Waals surface area contributed by atoms with Gasteiger partial charge in [-0.25, -0.2) is 9.97 Å². The highest BCUT2D eigenvalue weighted by atomic mass is 16.5. The molecule has 0 aliphatic carbocycles. The van der Waals surface area contributed by atoms with Gasteiger partial charge >= 0.3 is 0 Å². The summed E-state index contributed by atoms with van der Waals surface area (Å²) in [4.78, 5) is 8.55. The molecule has 0 saturated carbocycles. The molecule has 1 rings (SSSR count). The summed E-state index contributed by atoms with van der Waals surface area (Å²) >= 11 is 0. The van der Waals surface area contributed by atoms with E-state index in [1.54, 1.807) is 6.33 Å². The molecule has 0 aliphatic rings. The molecule has 0 atom stereocenters.